The molecule has 0 N–H and O–H groups in total. The van der Waals surface area contributed by atoms with Crippen molar-refractivity contribution in [3.8, 4) is 0 Å². The van der Waals surface area contributed by atoms with E-state index in [9.17, 15) is 0 Å². The summed E-state index contributed by atoms with van der Waals surface area (Å²) >= 11 is 0. The smallest absolute Gasteiger partial charge is 0.399 e. The van der Waals surface area contributed by atoms with Crippen LogP contribution in [0.5, 0.6) is 0 Å². The number of hydrogen-bond donors (Lipinski definition) is 0. The quantitative estimate of drug-likeness (QED) is 0.0873. The Kier molecular flexibility index (Phi) is 15.1. The van der Waals surface area contributed by atoms with E-state index in [1.807, 2.05) is 12.1 Å². The highest BCUT2D eigenvalue weighted by Crippen LogP contribution is 2.55. The van der Waals surface area contributed by atoms with Gasteiger partial charge in [0.15, 0.2) is 0 Å². The fourth-order valence-electron chi connectivity index (χ4n) is 10.9. The van der Waals surface area contributed by atoms with Crippen molar-refractivity contribution in [3.63, 3.8) is 0 Å². The molecule has 0 radical (unpaired) electrons. The summed E-state index contributed by atoms with van der Waals surface area (Å²) in [6.07, 6.45) is 18.8. The summed E-state index contributed by atoms with van der Waals surface area (Å²) in [7, 11) is -6.79. The molecule has 0 unspecified atom stereocenters. The van der Waals surface area contributed by atoms with E-state index in [0.29, 0.717) is 10.9 Å². The van der Waals surface area contributed by atoms with Crippen molar-refractivity contribution in [2.24, 2.45) is 0 Å². The first-order valence-electron chi connectivity index (χ1n) is 24.5. The van der Waals surface area contributed by atoms with Crippen LogP contribution < -0.4 is 21.3 Å². The molecule has 0 spiro atoms. The highest BCUT2D eigenvalue weighted by molar-refractivity contribution is 7.21. The Bertz CT molecular complexity index is 1670. The predicted octanol–water partition coefficient (Wildman–Crippen LogP) is 12.2. The van der Waals surface area contributed by atoms with Gasteiger partial charge in [-0.2, -0.15) is 0 Å². The third kappa shape index (κ3) is 8.80. The minimum absolute atomic E-state index is 0.235. The molecular weight excluding hydrogens is 780 g/mol. The maximum atomic E-state index is 17.3. The second-order valence-electron chi connectivity index (χ2n) is 21.2. The minimum Gasteiger partial charge on any atom is -0.399 e. The molecular formula is C50H80B2F2O4Si2. The van der Waals surface area contributed by atoms with Crippen LogP contribution in [0.2, 0.25) is 24.2 Å². The van der Waals surface area contributed by atoms with Crippen molar-refractivity contribution in [1.82, 2.24) is 0 Å². The van der Waals surface area contributed by atoms with Gasteiger partial charge < -0.3 is 18.6 Å². The lowest BCUT2D eigenvalue weighted by molar-refractivity contribution is 0.00578. The lowest BCUT2D eigenvalue weighted by Crippen LogP contribution is -2.54. The van der Waals surface area contributed by atoms with Crippen LogP contribution >= 0.6 is 0 Å². The van der Waals surface area contributed by atoms with Crippen LogP contribution in [0, 0.1) is 11.6 Å². The summed E-state index contributed by atoms with van der Waals surface area (Å²) < 4.78 is 61.1. The van der Waals surface area contributed by atoms with Gasteiger partial charge in [-0.3, -0.25) is 0 Å². The maximum Gasteiger partial charge on any atom is 0.497 e. The van der Waals surface area contributed by atoms with Gasteiger partial charge in [0.05, 0.1) is 22.4 Å². The van der Waals surface area contributed by atoms with Gasteiger partial charge in [-0.15, -0.1) is 0 Å². The molecule has 2 fully saturated rings. The van der Waals surface area contributed by atoms with Crippen molar-refractivity contribution in [2.45, 2.75) is 232 Å². The Morgan fingerprint density at radius 3 is 0.933 bits per heavy atom. The van der Waals surface area contributed by atoms with Crippen molar-refractivity contribution >= 4 is 62.1 Å². The molecule has 0 aliphatic carbocycles. The van der Waals surface area contributed by atoms with Gasteiger partial charge in [-0.25, -0.2) is 8.78 Å². The number of hydrogen-bond acceptors (Lipinski definition) is 4. The SMILES string of the molecule is CCCCCC[Si]1(CCCCCC)C2=C(c3cc(F)c(B4OC(C)(C)C(C)(C)O4)cc31)[Si](CCCCCC)(CCCCCC)c1cc(B3OC(C)(C)C(C)(C)O3)c(F)cc12. The van der Waals surface area contributed by atoms with Crippen molar-refractivity contribution < 1.29 is 27.4 Å². The molecule has 0 aromatic heterocycles. The lowest BCUT2D eigenvalue weighted by Gasteiger charge is -2.35. The molecule has 2 saturated heterocycles. The number of fused-ring (bicyclic) bond motifs is 4. The topological polar surface area (TPSA) is 36.9 Å². The molecule has 4 heterocycles. The predicted molar refractivity (Wildman–Crippen MR) is 258 cm³/mol. The summed E-state index contributed by atoms with van der Waals surface area (Å²) in [5.41, 5.74) is 1.07. The van der Waals surface area contributed by atoms with E-state index in [2.05, 4.69) is 95.2 Å². The largest absolute Gasteiger partial charge is 0.497 e. The van der Waals surface area contributed by atoms with E-state index in [1.165, 1.54) is 97.8 Å². The second-order valence-corrected chi connectivity index (χ2v) is 29.6. The van der Waals surface area contributed by atoms with E-state index in [1.54, 1.807) is 0 Å². The molecule has 10 heteroatoms. The first kappa shape index (κ1) is 47.9. The highest BCUT2D eigenvalue weighted by atomic mass is 28.3. The third-order valence-corrected chi connectivity index (χ3v) is 26.8. The first-order valence-corrected chi connectivity index (χ1v) is 29.3. The third-order valence-electron chi connectivity index (χ3n) is 15.9. The zero-order valence-electron chi connectivity index (χ0n) is 40.0. The minimum atomic E-state index is -2.62. The Hall–Kier alpha value is -1.56. The molecule has 0 amide bonds. The molecule has 2 aromatic rings. The fourth-order valence-corrected chi connectivity index (χ4v) is 24.1. The van der Waals surface area contributed by atoms with E-state index in [4.69, 9.17) is 18.6 Å². The van der Waals surface area contributed by atoms with Gasteiger partial charge in [0.1, 0.15) is 27.8 Å². The van der Waals surface area contributed by atoms with Crippen LogP contribution in [0.1, 0.15) is 197 Å². The van der Waals surface area contributed by atoms with Gasteiger partial charge in [0.25, 0.3) is 0 Å². The van der Waals surface area contributed by atoms with E-state index < -0.39 is 52.8 Å². The molecule has 6 rings (SSSR count). The zero-order valence-corrected chi connectivity index (χ0v) is 42.0. The van der Waals surface area contributed by atoms with Gasteiger partial charge in [0.2, 0.25) is 0 Å². The van der Waals surface area contributed by atoms with Crippen molar-refractivity contribution in [2.75, 3.05) is 0 Å². The molecule has 4 aliphatic heterocycles. The number of rotatable bonds is 22. The summed E-state index contributed by atoms with van der Waals surface area (Å²) in [6.45, 7) is 25.5. The zero-order chi connectivity index (χ0) is 43.7. The molecule has 0 bridgehead atoms. The summed E-state index contributed by atoms with van der Waals surface area (Å²) in [6, 6.07) is 12.7. The molecule has 4 nitrogen and oxygen atoms in total. The summed E-state index contributed by atoms with van der Waals surface area (Å²) in [5, 5.41) is 5.71. The Balaban J connectivity index is 1.64. The molecule has 0 atom stereocenters. The Morgan fingerprint density at radius 1 is 0.417 bits per heavy atom. The van der Waals surface area contributed by atoms with Gasteiger partial charge in [0, 0.05) is 10.9 Å². The molecule has 4 aliphatic rings. The van der Waals surface area contributed by atoms with Crippen LogP contribution in [0.4, 0.5) is 8.78 Å². The Morgan fingerprint density at radius 2 is 0.683 bits per heavy atom. The van der Waals surface area contributed by atoms with Gasteiger partial charge >= 0.3 is 14.2 Å². The summed E-state index contributed by atoms with van der Waals surface area (Å²) in [4.78, 5) is 0. The molecule has 0 saturated carbocycles. The van der Waals surface area contributed by atoms with Crippen LogP contribution in [-0.4, -0.2) is 52.8 Å². The first-order chi connectivity index (χ1) is 28.4. The molecule has 332 valence electrons. The van der Waals surface area contributed by atoms with Crippen molar-refractivity contribution in [3.05, 3.63) is 47.0 Å². The normalized spacial score (nSPS) is 21.2. The number of benzene rings is 2. The van der Waals surface area contributed by atoms with E-state index in [0.717, 1.165) is 61.0 Å². The number of halogens is 2. The van der Waals surface area contributed by atoms with Crippen LogP contribution in [0.3, 0.4) is 0 Å². The molecule has 2 aromatic carbocycles. The molecule has 60 heavy (non-hydrogen) atoms. The second kappa shape index (κ2) is 18.9. The van der Waals surface area contributed by atoms with Crippen LogP contribution in [0.15, 0.2) is 24.3 Å². The average Bonchev–Trinajstić information content (AvgIpc) is 3.77. The van der Waals surface area contributed by atoms with Crippen molar-refractivity contribution in [1.29, 1.82) is 0 Å². The number of unbranched alkanes of at least 4 members (excludes halogenated alkanes) is 12. The van der Waals surface area contributed by atoms with Gasteiger partial charge in [-0.1, -0.05) is 143 Å². The van der Waals surface area contributed by atoms with E-state index >= 15 is 8.78 Å². The highest BCUT2D eigenvalue weighted by Gasteiger charge is 2.60. The average molecular weight is 861 g/mol. The summed E-state index contributed by atoms with van der Waals surface area (Å²) in [5.74, 6) is -0.471. The Labute approximate surface area is 367 Å². The monoisotopic (exact) mass is 861 g/mol. The fraction of sp³-hybridized carbons (Fsp3) is 0.720. The van der Waals surface area contributed by atoms with Gasteiger partial charge in [-0.05, 0) is 124 Å². The maximum absolute atomic E-state index is 17.3. The standard InChI is InChI=1S/C50H80B2F2O4Si2/c1-13-17-21-25-29-59(30-26-22-18-14-2)43-35-39(51-55-47(5,6)48(7,8)56-51)41(53)33-37(43)46-45(59)38-34-42(54)40(52-57-49(9,10)50(11,12)58-52)36-44(38)60(46,31-27-23-19-15-3)32-28-24-20-16-4/h33-36H,13-32H2,1-12H3. The van der Waals surface area contributed by atoms with E-state index in [-0.39, 0.29) is 11.6 Å². The van der Waals surface area contributed by atoms with Crippen LogP contribution in [0.25, 0.3) is 10.4 Å². The lowest BCUT2D eigenvalue weighted by atomic mass is 9.78. The van der Waals surface area contributed by atoms with Crippen LogP contribution in [-0.2, 0) is 18.6 Å².